The molecular weight excluding hydrogens is 374 g/mol. The molecule has 0 fully saturated rings. The van der Waals surface area contributed by atoms with Crippen molar-refractivity contribution < 1.29 is 14.3 Å². The summed E-state index contributed by atoms with van der Waals surface area (Å²) in [5, 5.41) is 7.02. The van der Waals surface area contributed by atoms with Crippen LogP contribution in [0.4, 0.5) is 10.5 Å². The lowest BCUT2D eigenvalue weighted by molar-refractivity contribution is 0.249. The van der Waals surface area contributed by atoms with E-state index in [1.807, 2.05) is 31.5 Å². The van der Waals surface area contributed by atoms with Gasteiger partial charge in [0.1, 0.15) is 16.5 Å². The Bertz CT molecular complexity index is 941. The van der Waals surface area contributed by atoms with Crippen molar-refractivity contribution in [3.05, 3.63) is 58.7 Å². The molecule has 0 saturated heterocycles. The Hall–Kier alpha value is -2.93. The molecule has 2 aromatic heterocycles. The van der Waals surface area contributed by atoms with Crippen molar-refractivity contribution in [3.8, 4) is 16.5 Å². The number of anilines is 1. The third-order valence-corrected chi connectivity index (χ3v) is 5.88. The number of rotatable bonds is 6. The van der Waals surface area contributed by atoms with Crippen LogP contribution < -0.4 is 20.1 Å². The molecule has 28 heavy (non-hydrogen) atoms. The van der Waals surface area contributed by atoms with Crippen molar-refractivity contribution in [3.63, 3.8) is 0 Å². The van der Waals surface area contributed by atoms with Gasteiger partial charge in [0.25, 0.3) is 0 Å². The summed E-state index contributed by atoms with van der Waals surface area (Å²) in [7, 11) is 3.15. The van der Waals surface area contributed by atoms with Gasteiger partial charge in [0.05, 0.1) is 20.3 Å². The van der Waals surface area contributed by atoms with Gasteiger partial charge in [-0.2, -0.15) is 0 Å². The number of thiophene rings is 1. The van der Waals surface area contributed by atoms with Crippen molar-refractivity contribution in [1.82, 2.24) is 9.88 Å². The molecule has 0 aliphatic heterocycles. The number of hydrogen-bond acceptors (Lipinski definition) is 4. The zero-order chi connectivity index (χ0) is 20.3. The lowest BCUT2D eigenvalue weighted by atomic mass is 10.1. The van der Waals surface area contributed by atoms with E-state index in [0.29, 0.717) is 17.2 Å². The third-order valence-electron chi connectivity index (χ3n) is 4.64. The van der Waals surface area contributed by atoms with E-state index in [-0.39, 0.29) is 12.1 Å². The number of nitrogens with one attached hydrogen (secondary N) is 2. The minimum absolute atomic E-state index is 0.158. The highest BCUT2D eigenvalue weighted by Crippen LogP contribution is 2.35. The highest BCUT2D eigenvalue weighted by Gasteiger charge is 2.21. The second-order valence-corrected chi connectivity index (χ2v) is 7.72. The minimum Gasteiger partial charge on any atom is -0.497 e. The molecule has 0 bridgehead atoms. The number of methoxy groups -OCH3 is 2. The molecule has 6 nitrogen and oxygen atoms in total. The second-order valence-electron chi connectivity index (χ2n) is 6.51. The van der Waals surface area contributed by atoms with E-state index in [1.165, 1.54) is 10.4 Å². The van der Waals surface area contributed by atoms with Crippen LogP contribution in [-0.2, 0) is 0 Å². The molecular formula is C21H25N3O3S. The molecule has 1 unspecified atom stereocenters. The Morgan fingerprint density at radius 1 is 1.07 bits per heavy atom. The van der Waals surface area contributed by atoms with E-state index in [9.17, 15) is 4.79 Å². The number of carbonyl (C=O) groups is 1. The lowest BCUT2D eigenvalue weighted by Gasteiger charge is -2.18. The molecule has 2 amide bonds. The predicted molar refractivity (Wildman–Crippen MR) is 113 cm³/mol. The Labute approximate surface area is 169 Å². The molecule has 7 heteroatoms. The molecule has 0 aliphatic rings. The van der Waals surface area contributed by atoms with Crippen LogP contribution in [0.25, 0.3) is 5.00 Å². The maximum Gasteiger partial charge on any atom is 0.319 e. The molecule has 2 N–H and O–H groups in total. The van der Waals surface area contributed by atoms with Gasteiger partial charge >= 0.3 is 6.03 Å². The Morgan fingerprint density at radius 2 is 1.68 bits per heavy atom. The highest BCUT2D eigenvalue weighted by atomic mass is 32.1. The summed E-state index contributed by atoms with van der Waals surface area (Å²) in [6, 6.07) is 8.80. The van der Waals surface area contributed by atoms with Crippen LogP contribution in [0.15, 0.2) is 42.7 Å². The summed E-state index contributed by atoms with van der Waals surface area (Å²) in [6.45, 7) is 6.19. The maximum atomic E-state index is 12.6. The van der Waals surface area contributed by atoms with Crippen molar-refractivity contribution >= 4 is 23.1 Å². The average Bonchev–Trinajstić information content (AvgIpc) is 3.29. The third kappa shape index (κ3) is 4.14. The summed E-state index contributed by atoms with van der Waals surface area (Å²) in [4.78, 5) is 13.8. The number of ether oxygens (including phenoxy) is 2. The summed E-state index contributed by atoms with van der Waals surface area (Å²) in [5.41, 5.74) is 2.92. The SMILES string of the molecule is COc1cc(NC(=O)NC(C)c2c(-n3cccc3)sc(C)c2C)cc(OC)c1. The molecule has 0 spiro atoms. The van der Waals surface area contributed by atoms with Crippen LogP contribution in [0.5, 0.6) is 11.5 Å². The van der Waals surface area contributed by atoms with E-state index in [4.69, 9.17) is 9.47 Å². The van der Waals surface area contributed by atoms with Gasteiger partial charge in [-0.3, -0.25) is 0 Å². The number of amides is 2. The van der Waals surface area contributed by atoms with Gasteiger partial charge < -0.3 is 24.7 Å². The number of nitrogens with zero attached hydrogens (tertiary/aromatic N) is 1. The van der Waals surface area contributed by atoms with Crippen LogP contribution in [0.1, 0.15) is 29.0 Å². The molecule has 3 rings (SSSR count). The van der Waals surface area contributed by atoms with Crippen molar-refractivity contribution in [2.24, 2.45) is 0 Å². The molecule has 1 aromatic carbocycles. The average molecular weight is 400 g/mol. The van der Waals surface area contributed by atoms with Crippen LogP contribution in [-0.4, -0.2) is 24.8 Å². The molecule has 2 heterocycles. The molecule has 0 saturated carbocycles. The molecule has 0 radical (unpaired) electrons. The normalized spacial score (nSPS) is 11.8. The number of hydrogen-bond donors (Lipinski definition) is 2. The fourth-order valence-electron chi connectivity index (χ4n) is 3.11. The summed E-state index contributed by atoms with van der Waals surface area (Å²) in [5.74, 6) is 1.23. The number of carbonyl (C=O) groups excluding carboxylic acids is 1. The first-order chi connectivity index (χ1) is 13.4. The number of aryl methyl sites for hydroxylation is 1. The smallest absolute Gasteiger partial charge is 0.319 e. The molecule has 1 atom stereocenters. The fourth-order valence-corrected chi connectivity index (χ4v) is 4.33. The van der Waals surface area contributed by atoms with E-state index >= 15 is 0 Å². The van der Waals surface area contributed by atoms with Crippen LogP contribution in [0.2, 0.25) is 0 Å². The Morgan fingerprint density at radius 3 is 2.25 bits per heavy atom. The Balaban J connectivity index is 1.79. The van der Waals surface area contributed by atoms with Gasteiger partial charge in [-0.05, 0) is 38.5 Å². The first-order valence-corrected chi connectivity index (χ1v) is 9.78. The van der Waals surface area contributed by atoms with Gasteiger partial charge in [0.2, 0.25) is 0 Å². The van der Waals surface area contributed by atoms with E-state index in [1.54, 1.807) is 43.8 Å². The molecule has 3 aromatic rings. The van der Waals surface area contributed by atoms with Gasteiger partial charge in [-0.25, -0.2) is 4.79 Å². The van der Waals surface area contributed by atoms with Gasteiger partial charge in [-0.15, -0.1) is 11.3 Å². The van der Waals surface area contributed by atoms with Crippen LogP contribution in [0, 0.1) is 13.8 Å². The van der Waals surface area contributed by atoms with E-state index in [2.05, 4.69) is 29.0 Å². The summed E-state index contributed by atoms with van der Waals surface area (Å²) < 4.78 is 12.6. The zero-order valence-corrected chi connectivity index (χ0v) is 17.5. The largest absolute Gasteiger partial charge is 0.497 e. The topological polar surface area (TPSA) is 64.5 Å². The fraction of sp³-hybridized carbons (Fsp3) is 0.286. The number of urea groups is 1. The predicted octanol–water partition coefficient (Wildman–Crippen LogP) is 5.06. The first-order valence-electron chi connectivity index (χ1n) is 8.96. The Kier molecular flexibility index (Phi) is 5.94. The van der Waals surface area contributed by atoms with Crippen molar-refractivity contribution in [2.45, 2.75) is 26.8 Å². The number of benzene rings is 1. The zero-order valence-electron chi connectivity index (χ0n) is 16.7. The standard InChI is InChI=1S/C21H25N3O3S/c1-13-15(3)28-20(24-8-6-7-9-24)19(13)14(2)22-21(25)23-16-10-17(26-4)12-18(11-16)27-5/h6-12,14H,1-5H3,(H2,22,23,25). The van der Waals surface area contributed by atoms with Crippen LogP contribution >= 0.6 is 11.3 Å². The van der Waals surface area contributed by atoms with Crippen molar-refractivity contribution in [2.75, 3.05) is 19.5 Å². The lowest BCUT2D eigenvalue weighted by Crippen LogP contribution is -2.31. The minimum atomic E-state index is -0.287. The monoisotopic (exact) mass is 399 g/mol. The highest BCUT2D eigenvalue weighted by molar-refractivity contribution is 7.14. The first kappa shape index (κ1) is 19.8. The molecule has 0 aliphatic carbocycles. The quantitative estimate of drug-likeness (QED) is 0.609. The maximum absolute atomic E-state index is 12.6. The summed E-state index contributed by atoms with van der Waals surface area (Å²) >= 11 is 1.73. The van der Waals surface area contributed by atoms with Gasteiger partial charge in [0, 0.05) is 46.7 Å². The molecule has 148 valence electrons. The van der Waals surface area contributed by atoms with E-state index < -0.39 is 0 Å². The van der Waals surface area contributed by atoms with Crippen LogP contribution in [0.3, 0.4) is 0 Å². The van der Waals surface area contributed by atoms with Crippen molar-refractivity contribution in [1.29, 1.82) is 0 Å². The van der Waals surface area contributed by atoms with Gasteiger partial charge in [-0.1, -0.05) is 0 Å². The number of aromatic nitrogens is 1. The summed E-state index contributed by atoms with van der Waals surface area (Å²) in [6.07, 6.45) is 4.03. The van der Waals surface area contributed by atoms with E-state index in [0.717, 1.165) is 10.6 Å². The second kappa shape index (κ2) is 8.39. The van der Waals surface area contributed by atoms with Gasteiger partial charge in [0.15, 0.2) is 0 Å².